The van der Waals surface area contributed by atoms with Crippen molar-refractivity contribution in [2.24, 2.45) is 7.05 Å². The molecule has 0 aliphatic carbocycles. The summed E-state index contributed by atoms with van der Waals surface area (Å²) in [5.41, 5.74) is 1.09. The van der Waals surface area contributed by atoms with E-state index in [-0.39, 0.29) is 0 Å². The Morgan fingerprint density at radius 2 is 2.00 bits per heavy atom. The van der Waals surface area contributed by atoms with Crippen LogP contribution < -0.4 is 4.74 Å². The van der Waals surface area contributed by atoms with Gasteiger partial charge in [-0.25, -0.2) is 9.59 Å². The molecule has 0 atom stereocenters. The van der Waals surface area contributed by atoms with Crippen LogP contribution in [0.2, 0.25) is 0 Å². The highest BCUT2D eigenvalue weighted by molar-refractivity contribution is 5.98. The van der Waals surface area contributed by atoms with Crippen molar-refractivity contribution < 1.29 is 19.1 Å². The third-order valence-electron chi connectivity index (χ3n) is 3.07. The van der Waals surface area contributed by atoms with E-state index in [1.54, 1.807) is 50.8 Å². The minimum absolute atomic E-state index is 0.308. The Morgan fingerprint density at radius 3 is 2.62 bits per heavy atom. The quantitative estimate of drug-likeness (QED) is 0.814. The summed E-state index contributed by atoms with van der Waals surface area (Å²) in [7, 11) is 4.95. The van der Waals surface area contributed by atoms with E-state index in [2.05, 4.69) is 0 Å². The number of carbonyl (C=O) groups is 2. The maximum Gasteiger partial charge on any atom is 0.414 e. The number of carbonyl (C=O) groups excluding carboxylic acids is 2. The molecule has 0 aliphatic rings. The van der Waals surface area contributed by atoms with Crippen LogP contribution in [0.5, 0.6) is 5.75 Å². The Hall–Kier alpha value is -2.50. The van der Waals surface area contributed by atoms with Gasteiger partial charge in [-0.15, -0.1) is 0 Å². The van der Waals surface area contributed by atoms with E-state index >= 15 is 0 Å². The van der Waals surface area contributed by atoms with Crippen LogP contribution in [-0.4, -0.2) is 42.2 Å². The van der Waals surface area contributed by atoms with Crippen LogP contribution in [0.1, 0.15) is 17.4 Å². The van der Waals surface area contributed by atoms with Crippen molar-refractivity contribution in [2.75, 3.05) is 20.7 Å². The number of nitrogens with zero attached hydrogens (tertiary/aromatic N) is 2. The molecule has 1 aromatic carbocycles. The fraction of sp³-hybridized carbons (Fsp3) is 0.333. The van der Waals surface area contributed by atoms with E-state index < -0.39 is 12.1 Å². The molecule has 0 fully saturated rings. The van der Waals surface area contributed by atoms with Gasteiger partial charge in [0.2, 0.25) is 0 Å². The zero-order valence-corrected chi connectivity index (χ0v) is 12.5. The van der Waals surface area contributed by atoms with Crippen molar-refractivity contribution in [3.05, 3.63) is 30.0 Å². The minimum Gasteiger partial charge on any atom is -0.461 e. The molecule has 0 aliphatic heterocycles. The van der Waals surface area contributed by atoms with Gasteiger partial charge >= 0.3 is 12.1 Å². The number of fused-ring (bicyclic) bond motifs is 1. The third kappa shape index (κ3) is 2.84. The van der Waals surface area contributed by atoms with Gasteiger partial charge in [0.1, 0.15) is 5.69 Å². The first-order valence-corrected chi connectivity index (χ1v) is 6.60. The molecule has 6 heteroatoms. The summed E-state index contributed by atoms with van der Waals surface area (Å²) in [5.74, 6) is 0.00494. The molecular formula is C15H18N2O4. The van der Waals surface area contributed by atoms with E-state index in [0.717, 1.165) is 5.39 Å². The van der Waals surface area contributed by atoms with Gasteiger partial charge in [0.15, 0.2) is 5.75 Å². The number of ether oxygens (including phenoxy) is 2. The van der Waals surface area contributed by atoms with Gasteiger partial charge in [-0.2, -0.15) is 0 Å². The van der Waals surface area contributed by atoms with E-state index in [9.17, 15) is 9.59 Å². The molecule has 1 heterocycles. The van der Waals surface area contributed by atoms with Gasteiger partial charge in [-0.1, -0.05) is 12.1 Å². The number of amides is 1. The molecule has 0 N–H and O–H groups in total. The van der Waals surface area contributed by atoms with Crippen LogP contribution in [0.3, 0.4) is 0 Å². The zero-order chi connectivity index (χ0) is 15.6. The van der Waals surface area contributed by atoms with Crippen molar-refractivity contribution in [3.63, 3.8) is 0 Å². The summed E-state index contributed by atoms with van der Waals surface area (Å²) < 4.78 is 12.0. The standard InChI is InChI=1S/C15H18N2O4/c1-5-20-14(18)11-9-10-7-6-8-12(13(10)17(11)4)21-15(19)16(2)3/h6-9H,5H2,1-4H3. The average Bonchev–Trinajstić information content (AvgIpc) is 2.77. The third-order valence-corrected chi connectivity index (χ3v) is 3.07. The lowest BCUT2D eigenvalue weighted by atomic mass is 10.2. The highest BCUT2D eigenvalue weighted by atomic mass is 16.6. The second kappa shape index (κ2) is 5.87. The summed E-state index contributed by atoms with van der Waals surface area (Å²) in [4.78, 5) is 25.0. The number of esters is 1. The number of hydrogen-bond donors (Lipinski definition) is 0. The monoisotopic (exact) mass is 290 g/mol. The van der Waals surface area contributed by atoms with Crippen molar-refractivity contribution in [1.82, 2.24) is 9.47 Å². The summed E-state index contributed by atoms with van der Waals surface area (Å²) in [5, 5.41) is 0.810. The average molecular weight is 290 g/mol. The van der Waals surface area contributed by atoms with Crippen LogP contribution in [0, 0.1) is 0 Å². The zero-order valence-electron chi connectivity index (χ0n) is 12.5. The number of aryl methyl sites for hydroxylation is 1. The van der Waals surface area contributed by atoms with Crippen LogP contribution in [0.25, 0.3) is 10.9 Å². The predicted molar refractivity (Wildman–Crippen MR) is 78.6 cm³/mol. The minimum atomic E-state index is -0.471. The van der Waals surface area contributed by atoms with Gasteiger partial charge in [-0.3, -0.25) is 0 Å². The van der Waals surface area contributed by atoms with Gasteiger partial charge in [0.25, 0.3) is 0 Å². The SMILES string of the molecule is CCOC(=O)c1cc2cccc(OC(=O)N(C)C)c2n1C. The maximum atomic E-state index is 11.9. The molecule has 0 spiro atoms. The van der Waals surface area contributed by atoms with Crippen LogP contribution >= 0.6 is 0 Å². The van der Waals surface area contributed by atoms with Crippen molar-refractivity contribution >= 4 is 23.0 Å². The van der Waals surface area contributed by atoms with Crippen molar-refractivity contribution in [2.45, 2.75) is 6.92 Å². The predicted octanol–water partition coefficient (Wildman–Crippen LogP) is 2.42. The Morgan fingerprint density at radius 1 is 1.29 bits per heavy atom. The lowest BCUT2D eigenvalue weighted by Gasteiger charge is -2.12. The molecule has 0 bridgehead atoms. The van der Waals surface area contributed by atoms with Gasteiger partial charge in [0, 0.05) is 26.5 Å². The Balaban J connectivity index is 2.49. The number of para-hydroxylation sites is 1. The van der Waals surface area contributed by atoms with E-state index in [1.165, 1.54) is 4.90 Å². The molecule has 2 aromatic rings. The molecule has 21 heavy (non-hydrogen) atoms. The van der Waals surface area contributed by atoms with Crippen LogP contribution in [-0.2, 0) is 11.8 Å². The molecule has 112 valence electrons. The first-order valence-electron chi connectivity index (χ1n) is 6.60. The highest BCUT2D eigenvalue weighted by Crippen LogP contribution is 2.28. The van der Waals surface area contributed by atoms with Crippen molar-refractivity contribution in [3.8, 4) is 5.75 Å². The second-order valence-corrected chi connectivity index (χ2v) is 4.77. The molecular weight excluding hydrogens is 272 g/mol. The van der Waals surface area contributed by atoms with E-state index in [4.69, 9.17) is 9.47 Å². The molecule has 0 radical (unpaired) electrons. The Labute approximate surface area is 122 Å². The first kappa shape index (κ1) is 14.9. The molecule has 6 nitrogen and oxygen atoms in total. The largest absolute Gasteiger partial charge is 0.461 e. The number of hydrogen-bond acceptors (Lipinski definition) is 4. The van der Waals surface area contributed by atoms with E-state index in [0.29, 0.717) is 23.6 Å². The molecule has 2 rings (SSSR count). The topological polar surface area (TPSA) is 60.8 Å². The Bertz CT molecular complexity index is 688. The number of rotatable bonds is 3. The van der Waals surface area contributed by atoms with Gasteiger partial charge in [0.05, 0.1) is 12.1 Å². The molecule has 1 amide bonds. The first-order chi connectivity index (χ1) is 9.95. The van der Waals surface area contributed by atoms with Crippen molar-refractivity contribution in [1.29, 1.82) is 0 Å². The van der Waals surface area contributed by atoms with Gasteiger partial charge in [-0.05, 0) is 19.1 Å². The van der Waals surface area contributed by atoms with E-state index in [1.807, 2.05) is 6.07 Å². The van der Waals surface area contributed by atoms with Gasteiger partial charge < -0.3 is 18.9 Å². The summed E-state index contributed by atoms with van der Waals surface area (Å²) in [6, 6.07) is 7.04. The van der Waals surface area contributed by atoms with Crippen LogP contribution in [0.4, 0.5) is 4.79 Å². The molecule has 0 saturated carbocycles. The normalized spacial score (nSPS) is 10.5. The number of benzene rings is 1. The Kier molecular flexibility index (Phi) is 4.16. The maximum absolute atomic E-state index is 11.9. The molecule has 0 unspecified atom stereocenters. The molecule has 1 aromatic heterocycles. The summed E-state index contributed by atoms with van der Waals surface area (Å²) in [6.07, 6.45) is -0.471. The highest BCUT2D eigenvalue weighted by Gasteiger charge is 2.18. The second-order valence-electron chi connectivity index (χ2n) is 4.77. The summed E-state index contributed by atoms with van der Waals surface area (Å²) >= 11 is 0. The lowest BCUT2D eigenvalue weighted by molar-refractivity contribution is 0.0516. The smallest absolute Gasteiger partial charge is 0.414 e. The lowest BCUT2D eigenvalue weighted by Crippen LogP contribution is -2.25. The fourth-order valence-corrected chi connectivity index (χ4v) is 2.05. The van der Waals surface area contributed by atoms with Crippen LogP contribution in [0.15, 0.2) is 24.3 Å². The summed E-state index contributed by atoms with van der Waals surface area (Å²) in [6.45, 7) is 2.06. The molecule has 0 saturated heterocycles. The fourth-order valence-electron chi connectivity index (χ4n) is 2.05. The number of aromatic nitrogens is 1.